The largest absolute Gasteiger partial charge is 0.508 e. The van der Waals surface area contributed by atoms with E-state index in [1.165, 1.54) is 19.2 Å². The maximum Gasteiger partial charge on any atom is 0.311 e. The van der Waals surface area contributed by atoms with E-state index in [0.29, 0.717) is 22.6 Å². The third-order valence-corrected chi connectivity index (χ3v) is 4.29. The van der Waals surface area contributed by atoms with Crippen molar-refractivity contribution in [1.82, 2.24) is 20.2 Å². The minimum Gasteiger partial charge on any atom is -0.508 e. The van der Waals surface area contributed by atoms with Crippen LogP contribution in [0.15, 0.2) is 48.7 Å². The van der Waals surface area contributed by atoms with Crippen LogP contribution in [0.3, 0.4) is 0 Å². The van der Waals surface area contributed by atoms with Crippen molar-refractivity contribution in [2.45, 2.75) is 6.42 Å². The van der Waals surface area contributed by atoms with E-state index >= 15 is 0 Å². The van der Waals surface area contributed by atoms with Crippen LogP contribution in [-0.2, 0) is 16.0 Å². The Hall–Kier alpha value is -4.21. The molecule has 0 unspecified atom stereocenters. The molecular weight excluding hydrogens is 391 g/mol. The van der Waals surface area contributed by atoms with Crippen LogP contribution in [0.2, 0.25) is 0 Å². The lowest BCUT2D eigenvalue weighted by atomic mass is 10.1. The van der Waals surface area contributed by atoms with Gasteiger partial charge in [-0.1, -0.05) is 6.07 Å². The molecule has 0 saturated heterocycles. The van der Waals surface area contributed by atoms with Gasteiger partial charge in [0.2, 0.25) is 5.95 Å². The average molecular weight is 408 g/mol. The summed E-state index contributed by atoms with van der Waals surface area (Å²) >= 11 is 0. The molecule has 0 radical (unpaired) electrons. The number of benzene rings is 2. The highest BCUT2D eigenvalue weighted by molar-refractivity contribution is 5.88. The first-order valence-electron chi connectivity index (χ1n) is 8.91. The summed E-state index contributed by atoms with van der Waals surface area (Å²) in [5.74, 6) is -0.835. The molecule has 0 aliphatic heterocycles. The van der Waals surface area contributed by atoms with Gasteiger partial charge in [-0.15, -0.1) is 0 Å². The summed E-state index contributed by atoms with van der Waals surface area (Å²) in [7, 11) is 1.32. The van der Waals surface area contributed by atoms with Crippen molar-refractivity contribution < 1.29 is 19.0 Å². The summed E-state index contributed by atoms with van der Waals surface area (Å²) in [5.41, 5.74) is 2.42. The van der Waals surface area contributed by atoms with E-state index in [9.17, 15) is 14.3 Å². The van der Waals surface area contributed by atoms with E-state index in [4.69, 9.17) is 0 Å². The number of H-pyrrole nitrogens is 1. The molecule has 2 aromatic heterocycles. The van der Waals surface area contributed by atoms with Crippen LogP contribution in [0.5, 0.6) is 5.75 Å². The molecule has 152 valence electrons. The Bertz CT molecular complexity index is 1230. The van der Waals surface area contributed by atoms with Crippen molar-refractivity contribution in [2.75, 3.05) is 17.7 Å². The van der Waals surface area contributed by atoms with E-state index in [1.807, 2.05) is 0 Å². The van der Waals surface area contributed by atoms with Crippen molar-refractivity contribution in [3.05, 3.63) is 60.2 Å². The Morgan fingerprint density at radius 2 is 2.03 bits per heavy atom. The number of ether oxygens (including phenoxy) is 1. The van der Waals surface area contributed by atoms with E-state index in [2.05, 4.69) is 35.5 Å². The second-order valence-corrected chi connectivity index (χ2v) is 6.37. The van der Waals surface area contributed by atoms with Gasteiger partial charge in [0.05, 0.1) is 30.9 Å². The highest BCUT2D eigenvalue weighted by atomic mass is 19.1. The Morgan fingerprint density at radius 1 is 1.20 bits per heavy atom. The van der Waals surface area contributed by atoms with Crippen LogP contribution in [0.1, 0.15) is 5.69 Å². The fraction of sp³-hybridized carbons (Fsp3) is 0.100. The first-order valence-corrected chi connectivity index (χ1v) is 8.91. The standard InChI is InChI=1S/C20H17FN6O3/c1-30-18(29)9-17-14-6-5-12(8-16(14)26-27-17)24-20-22-10-15(21)19(25-20)23-11-3-2-4-13(28)7-11/h2-8,10,28H,9H2,1H3,(H,26,27)(H2,22,23,24,25). The van der Waals surface area contributed by atoms with Crippen molar-refractivity contribution in [2.24, 2.45) is 0 Å². The van der Waals surface area contributed by atoms with Crippen LogP contribution in [0.4, 0.5) is 27.5 Å². The summed E-state index contributed by atoms with van der Waals surface area (Å²) in [6, 6.07) is 11.6. The van der Waals surface area contributed by atoms with Gasteiger partial charge in [-0.3, -0.25) is 9.89 Å². The van der Waals surface area contributed by atoms with Gasteiger partial charge in [-0.25, -0.2) is 9.37 Å². The number of aromatic nitrogens is 4. The lowest BCUT2D eigenvalue weighted by Gasteiger charge is -2.10. The molecule has 0 bridgehead atoms. The number of carbonyl (C=O) groups is 1. The molecular formula is C20H17FN6O3. The van der Waals surface area contributed by atoms with Crippen LogP contribution < -0.4 is 10.6 Å². The number of anilines is 4. The molecule has 0 spiro atoms. The monoisotopic (exact) mass is 408 g/mol. The molecule has 0 aliphatic rings. The van der Waals surface area contributed by atoms with E-state index in [1.54, 1.807) is 30.3 Å². The third kappa shape index (κ3) is 4.12. The number of methoxy groups -OCH3 is 1. The molecule has 4 N–H and O–H groups in total. The lowest BCUT2D eigenvalue weighted by Crippen LogP contribution is -2.05. The number of carbonyl (C=O) groups excluding carboxylic acids is 1. The second kappa shape index (κ2) is 8.03. The van der Waals surface area contributed by atoms with Crippen LogP contribution in [-0.4, -0.2) is 38.4 Å². The predicted molar refractivity (Wildman–Crippen MR) is 108 cm³/mol. The van der Waals surface area contributed by atoms with Gasteiger partial charge in [0.25, 0.3) is 0 Å². The average Bonchev–Trinajstić information content (AvgIpc) is 3.12. The molecule has 0 aliphatic carbocycles. The third-order valence-electron chi connectivity index (χ3n) is 4.29. The van der Waals surface area contributed by atoms with Gasteiger partial charge < -0.3 is 20.5 Å². The number of aromatic amines is 1. The molecule has 0 saturated carbocycles. The first kappa shape index (κ1) is 19.1. The van der Waals surface area contributed by atoms with Gasteiger partial charge in [0.15, 0.2) is 11.6 Å². The number of phenols is 1. The Labute approximate surface area is 169 Å². The molecule has 10 heteroatoms. The number of esters is 1. The van der Waals surface area contributed by atoms with Crippen LogP contribution in [0.25, 0.3) is 10.9 Å². The maximum atomic E-state index is 14.1. The Kier molecular flexibility index (Phi) is 5.12. The molecule has 0 atom stereocenters. The van der Waals surface area contributed by atoms with Crippen molar-refractivity contribution in [1.29, 1.82) is 0 Å². The normalized spacial score (nSPS) is 10.7. The Balaban J connectivity index is 1.55. The number of aromatic hydroxyl groups is 1. The maximum absolute atomic E-state index is 14.1. The summed E-state index contributed by atoms with van der Waals surface area (Å²) in [6.45, 7) is 0. The zero-order chi connectivity index (χ0) is 21.1. The summed E-state index contributed by atoms with van der Waals surface area (Å²) in [6.07, 6.45) is 1.11. The second-order valence-electron chi connectivity index (χ2n) is 6.37. The van der Waals surface area contributed by atoms with Gasteiger partial charge in [0.1, 0.15) is 5.75 Å². The SMILES string of the molecule is COC(=O)Cc1n[nH]c2cc(Nc3ncc(F)c(Nc4cccc(O)c4)n3)ccc12. The van der Waals surface area contributed by atoms with Gasteiger partial charge in [-0.2, -0.15) is 10.1 Å². The van der Waals surface area contributed by atoms with Crippen LogP contribution >= 0.6 is 0 Å². The van der Waals surface area contributed by atoms with E-state index < -0.39 is 5.82 Å². The molecule has 2 heterocycles. The molecule has 4 aromatic rings. The van der Waals surface area contributed by atoms with Crippen molar-refractivity contribution >= 4 is 40.0 Å². The fourth-order valence-corrected chi connectivity index (χ4v) is 2.86. The van der Waals surface area contributed by atoms with E-state index in [-0.39, 0.29) is 29.9 Å². The molecule has 2 aromatic carbocycles. The van der Waals surface area contributed by atoms with Crippen molar-refractivity contribution in [3.8, 4) is 5.75 Å². The molecule has 0 fully saturated rings. The van der Waals surface area contributed by atoms with Crippen molar-refractivity contribution in [3.63, 3.8) is 0 Å². The quantitative estimate of drug-likeness (QED) is 0.358. The minimum atomic E-state index is -0.639. The van der Waals surface area contributed by atoms with E-state index in [0.717, 1.165) is 11.6 Å². The Morgan fingerprint density at radius 3 is 2.83 bits per heavy atom. The van der Waals surface area contributed by atoms with Crippen LogP contribution in [0, 0.1) is 5.82 Å². The zero-order valence-corrected chi connectivity index (χ0v) is 15.8. The first-order chi connectivity index (χ1) is 14.5. The van der Waals surface area contributed by atoms with Gasteiger partial charge in [-0.05, 0) is 30.3 Å². The number of halogens is 1. The lowest BCUT2D eigenvalue weighted by molar-refractivity contribution is -0.139. The summed E-state index contributed by atoms with van der Waals surface area (Å²) in [5, 5.41) is 23.2. The highest BCUT2D eigenvalue weighted by Crippen LogP contribution is 2.25. The topological polar surface area (TPSA) is 125 Å². The number of phenolic OH excluding ortho intramolecular Hbond substituents is 1. The smallest absolute Gasteiger partial charge is 0.311 e. The molecule has 9 nitrogen and oxygen atoms in total. The molecule has 0 amide bonds. The number of nitrogens with one attached hydrogen (secondary N) is 3. The number of fused-ring (bicyclic) bond motifs is 1. The highest BCUT2D eigenvalue weighted by Gasteiger charge is 2.12. The van der Waals surface area contributed by atoms with Gasteiger partial charge >= 0.3 is 5.97 Å². The predicted octanol–water partition coefficient (Wildman–Crippen LogP) is 3.40. The number of nitrogens with zero attached hydrogens (tertiary/aromatic N) is 3. The van der Waals surface area contributed by atoms with Gasteiger partial charge in [0, 0.05) is 22.8 Å². The minimum absolute atomic E-state index is 0.0407. The summed E-state index contributed by atoms with van der Waals surface area (Å²) < 4.78 is 18.8. The zero-order valence-electron chi connectivity index (χ0n) is 15.8. The number of rotatable bonds is 6. The molecule has 4 rings (SSSR count). The number of hydrogen-bond acceptors (Lipinski definition) is 8. The fourth-order valence-electron chi connectivity index (χ4n) is 2.86. The molecule has 30 heavy (non-hydrogen) atoms. The number of hydrogen-bond donors (Lipinski definition) is 4. The summed E-state index contributed by atoms with van der Waals surface area (Å²) in [4.78, 5) is 19.6.